The molecule has 4 atom stereocenters. The molecule has 0 amide bonds. The predicted octanol–water partition coefficient (Wildman–Crippen LogP) is -0.478. The highest BCUT2D eigenvalue weighted by Crippen LogP contribution is 2.47. The van der Waals surface area contributed by atoms with Gasteiger partial charge in [-0.3, -0.25) is 4.57 Å². The van der Waals surface area contributed by atoms with E-state index in [1.807, 2.05) is 0 Å². The van der Waals surface area contributed by atoms with Crippen molar-refractivity contribution in [1.29, 1.82) is 0 Å². The van der Waals surface area contributed by atoms with Crippen molar-refractivity contribution < 1.29 is 34.0 Å². The molecule has 6 N–H and O–H groups in total. The van der Waals surface area contributed by atoms with E-state index < -0.39 is 37.7 Å². The zero-order valence-corrected chi connectivity index (χ0v) is 14.4. The van der Waals surface area contributed by atoms with Crippen LogP contribution in [0.1, 0.15) is 20.1 Å². The van der Waals surface area contributed by atoms with Crippen LogP contribution in [-0.4, -0.2) is 58.4 Å². The molecular weight excluding hydrogens is 355 g/mol. The van der Waals surface area contributed by atoms with Gasteiger partial charge in [-0.15, -0.1) is 0 Å². The van der Waals surface area contributed by atoms with Crippen molar-refractivity contribution in [3.8, 4) is 0 Å². The molecule has 2 aromatic heterocycles. The first-order valence-corrected chi connectivity index (χ1v) is 9.09. The number of fused-ring (bicyclic) bond motifs is 1. The van der Waals surface area contributed by atoms with Crippen LogP contribution < -0.4 is 5.73 Å². The standard InChI is InChI=1S/C13H19N4O7P/c1-12(19)10(18)13(2,23-6-25(20,21)22)24-11(12)17-4-3-7-8(14)15-5-16-9(7)17/h3-5,10-11,18-19H,6H2,1-2H3,(H2,14,15,16)(H2,20,21,22)/t10?,11-,12-,13+/m1/s1. The van der Waals surface area contributed by atoms with E-state index in [2.05, 4.69) is 9.97 Å². The second kappa shape index (κ2) is 5.71. The van der Waals surface area contributed by atoms with E-state index in [0.29, 0.717) is 11.0 Å². The quantitative estimate of drug-likeness (QED) is 0.440. The van der Waals surface area contributed by atoms with Gasteiger partial charge in [-0.2, -0.15) is 0 Å². The van der Waals surface area contributed by atoms with Crippen molar-refractivity contribution in [1.82, 2.24) is 14.5 Å². The highest BCUT2D eigenvalue weighted by Gasteiger charge is 2.61. The molecule has 1 fully saturated rings. The summed E-state index contributed by atoms with van der Waals surface area (Å²) in [5.74, 6) is -1.60. The van der Waals surface area contributed by atoms with Gasteiger partial charge in [0.1, 0.15) is 29.5 Å². The lowest BCUT2D eigenvalue weighted by Gasteiger charge is -2.29. The van der Waals surface area contributed by atoms with Crippen LogP contribution in [0.25, 0.3) is 11.0 Å². The van der Waals surface area contributed by atoms with E-state index in [4.69, 9.17) is 25.0 Å². The number of nitrogens with zero attached hydrogens (tertiary/aromatic N) is 3. The third-order valence-electron chi connectivity index (χ3n) is 4.21. The maximum absolute atomic E-state index is 11.1. The summed E-state index contributed by atoms with van der Waals surface area (Å²) in [6.07, 6.45) is -0.900. The molecule has 0 bridgehead atoms. The minimum absolute atomic E-state index is 0.238. The second-order valence-corrected chi connectivity index (χ2v) is 7.86. The Bertz CT molecular complexity index is 850. The number of aromatic nitrogens is 3. The molecule has 25 heavy (non-hydrogen) atoms. The van der Waals surface area contributed by atoms with Crippen LogP contribution >= 0.6 is 7.60 Å². The Kier molecular flexibility index (Phi) is 4.16. The van der Waals surface area contributed by atoms with Crippen LogP contribution in [0.4, 0.5) is 5.82 Å². The smallest absolute Gasteiger partial charge is 0.351 e. The van der Waals surface area contributed by atoms with Gasteiger partial charge >= 0.3 is 7.60 Å². The number of hydrogen-bond acceptors (Lipinski definition) is 8. The molecular formula is C13H19N4O7P. The summed E-state index contributed by atoms with van der Waals surface area (Å²) >= 11 is 0. The molecule has 138 valence electrons. The van der Waals surface area contributed by atoms with Crippen LogP contribution in [-0.2, 0) is 14.0 Å². The molecule has 0 spiro atoms. The molecule has 1 unspecified atom stereocenters. The van der Waals surface area contributed by atoms with E-state index in [1.54, 1.807) is 12.3 Å². The average molecular weight is 374 g/mol. The number of hydrogen-bond donors (Lipinski definition) is 5. The normalized spacial score (nSPS) is 33.2. The number of rotatable bonds is 4. The second-order valence-electron chi connectivity index (χ2n) is 6.27. The van der Waals surface area contributed by atoms with Crippen LogP contribution in [0.5, 0.6) is 0 Å². The lowest BCUT2D eigenvalue weighted by Crippen LogP contribution is -2.49. The van der Waals surface area contributed by atoms with E-state index in [9.17, 15) is 14.8 Å². The molecule has 0 saturated carbocycles. The molecule has 3 heterocycles. The summed E-state index contributed by atoms with van der Waals surface area (Å²) in [5.41, 5.74) is 4.31. The van der Waals surface area contributed by atoms with Crippen molar-refractivity contribution in [2.24, 2.45) is 0 Å². The Morgan fingerprint density at radius 3 is 2.76 bits per heavy atom. The number of ether oxygens (including phenoxy) is 2. The lowest BCUT2D eigenvalue weighted by molar-refractivity contribution is -0.247. The molecule has 0 aromatic carbocycles. The molecule has 11 nitrogen and oxygen atoms in total. The van der Waals surface area contributed by atoms with Gasteiger partial charge in [0.2, 0.25) is 0 Å². The topological polar surface area (TPSA) is 173 Å². The van der Waals surface area contributed by atoms with E-state index in [1.165, 1.54) is 24.7 Å². The first-order valence-electron chi connectivity index (χ1n) is 7.29. The van der Waals surface area contributed by atoms with E-state index in [-0.39, 0.29) is 5.82 Å². The third-order valence-corrected chi connectivity index (χ3v) is 4.67. The molecule has 1 aliphatic rings. The Morgan fingerprint density at radius 2 is 2.12 bits per heavy atom. The number of nitrogen functional groups attached to an aromatic ring is 1. The van der Waals surface area contributed by atoms with Crippen LogP contribution in [0.2, 0.25) is 0 Å². The predicted molar refractivity (Wildman–Crippen MR) is 85.1 cm³/mol. The van der Waals surface area contributed by atoms with Crippen molar-refractivity contribution in [2.75, 3.05) is 12.1 Å². The maximum atomic E-state index is 11.1. The summed E-state index contributed by atoms with van der Waals surface area (Å²) in [6.45, 7) is 2.61. The number of anilines is 1. The summed E-state index contributed by atoms with van der Waals surface area (Å²) in [4.78, 5) is 25.9. The number of aliphatic hydroxyl groups is 2. The van der Waals surface area contributed by atoms with Gasteiger partial charge in [0.15, 0.2) is 18.4 Å². The first-order chi connectivity index (χ1) is 11.5. The van der Waals surface area contributed by atoms with Crippen molar-refractivity contribution in [2.45, 2.75) is 37.6 Å². The van der Waals surface area contributed by atoms with Crippen LogP contribution in [0, 0.1) is 0 Å². The van der Waals surface area contributed by atoms with Gasteiger partial charge in [0.05, 0.1) is 5.39 Å². The molecule has 1 saturated heterocycles. The monoisotopic (exact) mass is 374 g/mol. The summed E-state index contributed by atoms with van der Waals surface area (Å²) in [7, 11) is -4.49. The van der Waals surface area contributed by atoms with Gasteiger partial charge < -0.3 is 39.8 Å². The first kappa shape index (κ1) is 18.2. The van der Waals surface area contributed by atoms with Gasteiger partial charge in [-0.05, 0) is 19.9 Å². The average Bonchev–Trinajstić information content (AvgIpc) is 3.00. The van der Waals surface area contributed by atoms with Gasteiger partial charge in [-0.1, -0.05) is 0 Å². The van der Waals surface area contributed by atoms with E-state index >= 15 is 0 Å². The molecule has 0 aliphatic carbocycles. The maximum Gasteiger partial charge on any atom is 0.351 e. The zero-order valence-electron chi connectivity index (χ0n) is 13.5. The summed E-state index contributed by atoms with van der Waals surface area (Å²) < 4.78 is 23.3. The minimum Gasteiger partial charge on any atom is -0.384 e. The van der Waals surface area contributed by atoms with Gasteiger partial charge in [-0.25, -0.2) is 9.97 Å². The Labute approximate surface area is 142 Å². The highest BCUT2D eigenvalue weighted by molar-refractivity contribution is 7.51. The molecule has 0 radical (unpaired) electrons. The van der Waals surface area contributed by atoms with Crippen molar-refractivity contribution >= 4 is 24.4 Å². The van der Waals surface area contributed by atoms with Crippen molar-refractivity contribution in [3.05, 3.63) is 18.6 Å². The fourth-order valence-electron chi connectivity index (χ4n) is 2.91. The SMILES string of the molecule is C[C@]1(OCP(=O)(O)O)O[C@@H](n2ccc3c(N)ncnc32)[C@](C)(O)C1O. The summed E-state index contributed by atoms with van der Waals surface area (Å²) in [5, 5.41) is 21.7. The van der Waals surface area contributed by atoms with Crippen molar-refractivity contribution in [3.63, 3.8) is 0 Å². The fourth-order valence-corrected chi connectivity index (χ4v) is 3.34. The Hall–Kier alpha value is -1.59. The third kappa shape index (κ3) is 3.04. The van der Waals surface area contributed by atoms with Gasteiger partial charge in [0.25, 0.3) is 0 Å². The minimum atomic E-state index is -4.49. The lowest BCUT2D eigenvalue weighted by atomic mass is 9.95. The van der Waals surface area contributed by atoms with E-state index in [0.717, 1.165) is 0 Å². The molecule has 3 rings (SSSR count). The van der Waals surface area contributed by atoms with Crippen LogP contribution in [0.3, 0.4) is 0 Å². The Morgan fingerprint density at radius 1 is 1.44 bits per heavy atom. The Balaban J connectivity index is 1.99. The van der Waals surface area contributed by atoms with Gasteiger partial charge in [0, 0.05) is 6.20 Å². The number of aliphatic hydroxyl groups excluding tert-OH is 1. The molecule has 2 aromatic rings. The highest BCUT2D eigenvalue weighted by atomic mass is 31.2. The van der Waals surface area contributed by atoms with Crippen LogP contribution in [0.15, 0.2) is 18.6 Å². The summed E-state index contributed by atoms with van der Waals surface area (Å²) in [6, 6.07) is 1.63. The molecule has 12 heteroatoms. The largest absolute Gasteiger partial charge is 0.384 e. The fraction of sp³-hybridized carbons (Fsp3) is 0.538. The molecule has 1 aliphatic heterocycles. The zero-order chi connectivity index (χ0) is 18.6. The number of nitrogens with two attached hydrogens (primary N) is 1.